The molecule has 0 fully saturated rings. The van der Waals surface area contributed by atoms with Gasteiger partial charge in [-0.05, 0) is 48.2 Å². The van der Waals surface area contributed by atoms with Crippen LogP contribution in [0.4, 0.5) is 24.5 Å². The van der Waals surface area contributed by atoms with Crippen molar-refractivity contribution in [2.45, 2.75) is 26.1 Å². The maximum Gasteiger partial charge on any atom is 0.416 e. The zero-order valence-electron chi connectivity index (χ0n) is 22.4. The van der Waals surface area contributed by atoms with E-state index in [9.17, 15) is 18.0 Å². The first-order chi connectivity index (χ1) is 19.7. The Morgan fingerprint density at radius 2 is 1.93 bits per heavy atom. The molecule has 5 aromatic rings. The van der Waals surface area contributed by atoms with Crippen LogP contribution in [0.15, 0.2) is 79.4 Å². The Morgan fingerprint density at radius 1 is 1.07 bits per heavy atom. The number of aromatic nitrogens is 4. The van der Waals surface area contributed by atoms with Gasteiger partial charge in [-0.25, -0.2) is 4.98 Å². The van der Waals surface area contributed by atoms with Crippen LogP contribution in [0.5, 0.6) is 0 Å². The Bertz CT molecular complexity index is 1780. The summed E-state index contributed by atoms with van der Waals surface area (Å²) in [7, 11) is 1.64. The minimum atomic E-state index is -4.46. The molecule has 7 nitrogen and oxygen atoms in total. The van der Waals surface area contributed by atoms with E-state index in [4.69, 9.17) is 4.74 Å². The Kier molecular flexibility index (Phi) is 7.90. The molecule has 1 N–H and O–H groups in total. The number of carbonyl (C=O) groups excluding carboxylic acids is 1. The first-order valence-corrected chi connectivity index (χ1v) is 12.8. The number of benzene rings is 2. The molecule has 3 aromatic heterocycles. The molecule has 0 aliphatic rings. The monoisotopic (exact) mass is 557 g/mol. The molecule has 0 spiro atoms. The summed E-state index contributed by atoms with van der Waals surface area (Å²) in [6.07, 6.45) is 2.54. The van der Waals surface area contributed by atoms with Gasteiger partial charge in [0.05, 0.1) is 42.5 Å². The first kappa shape index (κ1) is 27.7. The Balaban J connectivity index is 1.35. The third-order valence-corrected chi connectivity index (χ3v) is 6.48. The number of alkyl halides is 3. The molecule has 0 atom stereocenters. The van der Waals surface area contributed by atoms with Crippen LogP contribution >= 0.6 is 0 Å². The quantitative estimate of drug-likeness (QED) is 0.185. The lowest BCUT2D eigenvalue weighted by atomic mass is 9.98. The van der Waals surface area contributed by atoms with Crippen molar-refractivity contribution in [3.63, 3.8) is 0 Å². The number of carbonyl (C=O) groups is 1. The third-order valence-electron chi connectivity index (χ3n) is 6.48. The lowest BCUT2D eigenvalue weighted by Gasteiger charge is -2.09. The van der Waals surface area contributed by atoms with Crippen molar-refractivity contribution in [1.82, 2.24) is 19.2 Å². The SMILES string of the molecule is COCCn1cc(Nc2cccn3c(C#Cc4cc(C(=O)Cc5cccc(C(F)(F)F)c5)ccc4C)cnc23)cn1. The van der Waals surface area contributed by atoms with E-state index in [-0.39, 0.29) is 12.2 Å². The second-order valence-electron chi connectivity index (χ2n) is 9.45. The van der Waals surface area contributed by atoms with Gasteiger partial charge < -0.3 is 10.1 Å². The third kappa shape index (κ3) is 6.48. The zero-order chi connectivity index (χ0) is 29.0. The first-order valence-electron chi connectivity index (χ1n) is 12.8. The number of halogens is 3. The van der Waals surface area contributed by atoms with E-state index in [1.54, 1.807) is 42.4 Å². The van der Waals surface area contributed by atoms with Crippen molar-refractivity contribution in [3.05, 3.63) is 113 Å². The minimum Gasteiger partial charge on any atom is -0.383 e. The van der Waals surface area contributed by atoms with E-state index in [1.165, 1.54) is 12.1 Å². The van der Waals surface area contributed by atoms with Gasteiger partial charge >= 0.3 is 6.18 Å². The van der Waals surface area contributed by atoms with Crippen LogP contribution in [0.2, 0.25) is 0 Å². The highest BCUT2D eigenvalue weighted by molar-refractivity contribution is 5.98. The number of hydrogen-bond acceptors (Lipinski definition) is 5. The molecule has 0 saturated heterocycles. The number of Topliss-reactive ketones (excluding diaryl/α,β-unsaturated/α-hetero) is 1. The van der Waals surface area contributed by atoms with Gasteiger partial charge in [-0.3, -0.25) is 13.9 Å². The van der Waals surface area contributed by atoms with Gasteiger partial charge in [0.2, 0.25) is 0 Å². The van der Waals surface area contributed by atoms with Crippen molar-refractivity contribution < 1.29 is 22.7 Å². The lowest BCUT2D eigenvalue weighted by Crippen LogP contribution is -2.08. The van der Waals surface area contributed by atoms with Crippen molar-refractivity contribution in [1.29, 1.82) is 0 Å². The van der Waals surface area contributed by atoms with Gasteiger partial charge in [0.15, 0.2) is 11.4 Å². The Labute approximate surface area is 234 Å². The molecule has 0 aliphatic heterocycles. The molecule has 208 valence electrons. The van der Waals surface area contributed by atoms with Gasteiger partial charge in [0.1, 0.15) is 5.69 Å². The number of imidazole rings is 1. The smallest absolute Gasteiger partial charge is 0.383 e. The van der Waals surface area contributed by atoms with Crippen molar-refractivity contribution in [2.24, 2.45) is 0 Å². The minimum absolute atomic E-state index is 0.145. The fourth-order valence-corrected chi connectivity index (χ4v) is 4.30. The van der Waals surface area contributed by atoms with E-state index in [0.29, 0.717) is 41.2 Å². The van der Waals surface area contributed by atoms with E-state index in [1.807, 2.05) is 35.9 Å². The van der Waals surface area contributed by atoms with Gasteiger partial charge in [-0.1, -0.05) is 36.3 Å². The summed E-state index contributed by atoms with van der Waals surface area (Å²) in [5, 5.41) is 7.65. The van der Waals surface area contributed by atoms with Crippen LogP contribution in [-0.4, -0.2) is 38.7 Å². The topological polar surface area (TPSA) is 73.5 Å². The molecule has 0 unspecified atom stereocenters. The number of hydrogen-bond donors (Lipinski definition) is 1. The molecule has 41 heavy (non-hydrogen) atoms. The standard InChI is InChI=1S/C31H26F3N5O2/c1-21-8-9-24(29(40)16-22-5-3-6-25(15-22)31(32,33)34)17-23(21)10-11-27-19-35-30-28(7-4-12-39(27)30)37-26-18-36-38(20-26)13-14-41-2/h3-9,12,15,17-20,37H,13-14,16H2,1-2H3. The van der Waals surface area contributed by atoms with Gasteiger partial charge in [-0.2, -0.15) is 18.3 Å². The fraction of sp³-hybridized carbons (Fsp3) is 0.194. The summed E-state index contributed by atoms with van der Waals surface area (Å²) in [5.74, 6) is 5.98. The van der Waals surface area contributed by atoms with Crippen molar-refractivity contribution >= 4 is 22.8 Å². The van der Waals surface area contributed by atoms with Crippen LogP contribution in [0.1, 0.15) is 38.3 Å². The van der Waals surface area contributed by atoms with E-state index < -0.39 is 11.7 Å². The lowest BCUT2D eigenvalue weighted by molar-refractivity contribution is -0.137. The van der Waals surface area contributed by atoms with E-state index >= 15 is 0 Å². The summed E-state index contributed by atoms with van der Waals surface area (Å²) in [5.41, 5.74) is 4.35. The highest BCUT2D eigenvalue weighted by atomic mass is 19.4. The molecule has 0 bridgehead atoms. The highest BCUT2D eigenvalue weighted by Gasteiger charge is 2.30. The largest absolute Gasteiger partial charge is 0.416 e. The Hall–Kier alpha value is -4.88. The van der Waals surface area contributed by atoms with Gasteiger partial charge in [-0.15, -0.1) is 0 Å². The number of ketones is 1. The number of methoxy groups -OCH3 is 1. The normalized spacial score (nSPS) is 11.3. The summed E-state index contributed by atoms with van der Waals surface area (Å²) < 4.78 is 47.9. The molecule has 0 saturated carbocycles. The number of nitrogens with one attached hydrogen (secondary N) is 1. The number of nitrogens with zero attached hydrogens (tertiary/aromatic N) is 4. The van der Waals surface area contributed by atoms with Crippen LogP contribution < -0.4 is 5.32 Å². The summed E-state index contributed by atoms with van der Waals surface area (Å²) in [6, 6.07) is 13.8. The second kappa shape index (κ2) is 11.7. The molecule has 0 aliphatic carbocycles. The molecule has 0 amide bonds. The zero-order valence-corrected chi connectivity index (χ0v) is 22.4. The maximum atomic E-state index is 13.1. The van der Waals surface area contributed by atoms with Gasteiger partial charge in [0, 0.05) is 37.1 Å². The Morgan fingerprint density at radius 3 is 2.73 bits per heavy atom. The summed E-state index contributed by atoms with van der Waals surface area (Å²) in [4.78, 5) is 17.5. The number of ether oxygens (including phenoxy) is 1. The average Bonchev–Trinajstić information content (AvgIpc) is 3.58. The summed E-state index contributed by atoms with van der Waals surface area (Å²) in [6.45, 7) is 3.09. The van der Waals surface area contributed by atoms with Crippen LogP contribution in [-0.2, 0) is 23.9 Å². The van der Waals surface area contributed by atoms with Crippen molar-refractivity contribution in [3.8, 4) is 11.8 Å². The highest BCUT2D eigenvalue weighted by Crippen LogP contribution is 2.30. The molecule has 10 heteroatoms. The molecule has 5 rings (SSSR count). The van der Waals surface area contributed by atoms with Crippen LogP contribution in [0, 0.1) is 18.8 Å². The van der Waals surface area contributed by atoms with E-state index in [0.717, 1.165) is 29.1 Å². The number of anilines is 2. The second-order valence-corrected chi connectivity index (χ2v) is 9.45. The summed E-state index contributed by atoms with van der Waals surface area (Å²) >= 11 is 0. The van der Waals surface area contributed by atoms with Gasteiger partial charge in [0.25, 0.3) is 0 Å². The van der Waals surface area contributed by atoms with Crippen molar-refractivity contribution in [2.75, 3.05) is 19.0 Å². The molecular formula is C31H26F3N5O2. The number of fused-ring (bicyclic) bond motifs is 1. The molecular weight excluding hydrogens is 531 g/mol. The predicted molar refractivity (Wildman–Crippen MR) is 149 cm³/mol. The number of rotatable bonds is 8. The predicted octanol–water partition coefficient (Wildman–Crippen LogP) is 6.07. The van der Waals surface area contributed by atoms with E-state index in [2.05, 4.69) is 27.2 Å². The maximum absolute atomic E-state index is 13.1. The van der Waals surface area contributed by atoms with Crippen LogP contribution in [0.3, 0.4) is 0 Å². The fourth-order valence-electron chi connectivity index (χ4n) is 4.30. The number of aryl methyl sites for hydroxylation is 1. The van der Waals surface area contributed by atoms with Crippen LogP contribution in [0.25, 0.3) is 5.65 Å². The molecule has 2 aromatic carbocycles. The molecule has 3 heterocycles. The number of pyridine rings is 1. The average molecular weight is 558 g/mol. The molecule has 0 radical (unpaired) electrons.